The fourth-order valence-corrected chi connectivity index (χ4v) is 2.41. The van der Waals surface area contributed by atoms with E-state index in [2.05, 4.69) is 16.0 Å². The van der Waals surface area contributed by atoms with Gasteiger partial charge in [0.1, 0.15) is 0 Å². The van der Waals surface area contributed by atoms with Crippen molar-refractivity contribution in [1.82, 2.24) is 10.6 Å². The number of anilines is 1. The van der Waals surface area contributed by atoms with Gasteiger partial charge in [0.05, 0.1) is 4.92 Å². The number of carbonyl (C=O) groups is 2. The minimum absolute atomic E-state index is 0.0281. The van der Waals surface area contributed by atoms with Crippen LogP contribution in [-0.4, -0.2) is 35.9 Å². The predicted molar refractivity (Wildman–Crippen MR) is 103 cm³/mol. The van der Waals surface area contributed by atoms with Gasteiger partial charge in [-0.25, -0.2) is 0 Å². The molecule has 0 aliphatic rings. The summed E-state index contributed by atoms with van der Waals surface area (Å²) < 4.78 is 0. The lowest BCUT2D eigenvalue weighted by molar-refractivity contribution is -0.384. The summed E-state index contributed by atoms with van der Waals surface area (Å²) in [5.41, 5.74) is 1.32. The van der Waals surface area contributed by atoms with Gasteiger partial charge in [-0.2, -0.15) is 0 Å². The Morgan fingerprint density at radius 3 is 2.33 bits per heavy atom. The minimum Gasteiger partial charge on any atom is -0.383 e. The zero-order valence-electron chi connectivity index (χ0n) is 15.0. The van der Waals surface area contributed by atoms with Gasteiger partial charge >= 0.3 is 0 Å². The van der Waals surface area contributed by atoms with Gasteiger partial charge in [0.25, 0.3) is 11.6 Å². The van der Waals surface area contributed by atoms with Crippen molar-refractivity contribution < 1.29 is 14.5 Å². The van der Waals surface area contributed by atoms with Crippen molar-refractivity contribution in [3.8, 4) is 0 Å². The first kappa shape index (κ1) is 19.9. The van der Waals surface area contributed by atoms with Crippen LogP contribution in [0.4, 0.5) is 11.4 Å². The van der Waals surface area contributed by atoms with E-state index in [0.29, 0.717) is 18.7 Å². The van der Waals surface area contributed by atoms with E-state index in [1.54, 1.807) is 43.3 Å². The molecule has 2 amide bonds. The van der Waals surface area contributed by atoms with Crippen molar-refractivity contribution in [2.75, 3.05) is 18.4 Å². The van der Waals surface area contributed by atoms with Crippen LogP contribution in [-0.2, 0) is 4.79 Å². The molecule has 2 aromatic rings. The van der Waals surface area contributed by atoms with E-state index in [0.717, 1.165) is 5.69 Å². The molecule has 0 heterocycles. The van der Waals surface area contributed by atoms with Crippen LogP contribution < -0.4 is 16.0 Å². The molecular formula is C19H22N4O4. The number of nitrogens with one attached hydrogen (secondary N) is 3. The van der Waals surface area contributed by atoms with E-state index in [1.165, 1.54) is 12.1 Å². The third-order valence-electron chi connectivity index (χ3n) is 3.76. The van der Waals surface area contributed by atoms with Crippen LogP contribution in [0.15, 0.2) is 54.6 Å². The molecule has 1 unspecified atom stereocenters. The van der Waals surface area contributed by atoms with E-state index in [1.807, 2.05) is 6.07 Å². The van der Waals surface area contributed by atoms with Crippen LogP contribution in [0, 0.1) is 10.1 Å². The lowest BCUT2D eigenvalue weighted by atomic mass is 10.1. The fourth-order valence-electron chi connectivity index (χ4n) is 2.41. The Hall–Kier alpha value is -3.42. The van der Waals surface area contributed by atoms with Crippen LogP contribution in [0.2, 0.25) is 0 Å². The highest BCUT2D eigenvalue weighted by atomic mass is 16.6. The van der Waals surface area contributed by atoms with Crippen molar-refractivity contribution in [2.45, 2.75) is 19.4 Å². The Balaban J connectivity index is 1.65. The highest BCUT2D eigenvalue weighted by molar-refractivity contribution is 5.94. The highest BCUT2D eigenvalue weighted by Gasteiger charge is 2.12. The molecule has 2 rings (SSSR count). The van der Waals surface area contributed by atoms with Crippen molar-refractivity contribution >= 4 is 23.2 Å². The first-order valence-corrected chi connectivity index (χ1v) is 8.56. The molecule has 0 aliphatic heterocycles. The van der Waals surface area contributed by atoms with Gasteiger partial charge < -0.3 is 16.0 Å². The Morgan fingerprint density at radius 1 is 1.04 bits per heavy atom. The Bertz CT molecular complexity index is 778. The number of hydrogen-bond donors (Lipinski definition) is 3. The third-order valence-corrected chi connectivity index (χ3v) is 3.76. The van der Waals surface area contributed by atoms with Crippen LogP contribution in [0.5, 0.6) is 0 Å². The fraction of sp³-hybridized carbons (Fsp3) is 0.263. The van der Waals surface area contributed by atoms with E-state index in [-0.39, 0.29) is 30.0 Å². The van der Waals surface area contributed by atoms with Gasteiger partial charge in [-0.15, -0.1) is 0 Å². The molecule has 0 spiro atoms. The van der Waals surface area contributed by atoms with Crippen molar-refractivity contribution in [3.63, 3.8) is 0 Å². The van der Waals surface area contributed by atoms with Crippen LogP contribution >= 0.6 is 0 Å². The maximum atomic E-state index is 12.0. The maximum Gasteiger partial charge on any atom is 0.269 e. The maximum absolute atomic E-state index is 12.0. The summed E-state index contributed by atoms with van der Waals surface area (Å²) >= 11 is 0. The molecule has 0 bridgehead atoms. The largest absolute Gasteiger partial charge is 0.383 e. The number of nitro groups is 1. The first-order chi connectivity index (χ1) is 13.0. The molecule has 0 aromatic heterocycles. The summed E-state index contributed by atoms with van der Waals surface area (Å²) in [6, 6.07) is 14.6. The minimum atomic E-state index is -0.457. The summed E-state index contributed by atoms with van der Waals surface area (Å²) in [6.45, 7) is 2.65. The molecule has 142 valence electrons. The lowest BCUT2D eigenvalue weighted by Gasteiger charge is -2.14. The van der Waals surface area contributed by atoms with E-state index in [4.69, 9.17) is 0 Å². The molecule has 2 aromatic carbocycles. The number of non-ortho nitro benzene ring substituents is 1. The van der Waals surface area contributed by atoms with Gasteiger partial charge in [0.2, 0.25) is 5.91 Å². The van der Waals surface area contributed by atoms with Crippen molar-refractivity contribution in [1.29, 1.82) is 0 Å². The van der Waals surface area contributed by atoms with Crippen LogP contribution in [0.3, 0.4) is 0 Å². The molecule has 0 radical (unpaired) electrons. The van der Waals surface area contributed by atoms with Crippen molar-refractivity contribution in [3.05, 3.63) is 70.3 Å². The highest BCUT2D eigenvalue weighted by Crippen LogP contribution is 2.14. The molecule has 3 N–H and O–H groups in total. The molecule has 0 aliphatic carbocycles. The first-order valence-electron chi connectivity index (χ1n) is 8.56. The summed E-state index contributed by atoms with van der Waals surface area (Å²) in [6.07, 6.45) is 0.177. The number of amides is 2. The lowest BCUT2D eigenvalue weighted by Crippen LogP contribution is -2.38. The normalized spacial score (nSPS) is 11.3. The number of nitro benzene ring substituents is 1. The summed E-state index contributed by atoms with van der Waals surface area (Å²) in [5.74, 6) is -0.378. The van der Waals surface area contributed by atoms with Gasteiger partial charge in [-0.3, -0.25) is 19.7 Å². The molecule has 8 nitrogen and oxygen atoms in total. The second-order valence-electron chi connectivity index (χ2n) is 6.03. The predicted octanol–water partition coefficient (Wildman–Crippen LogP) is 2.33. The van der Waals surface area contributed by atoms with E-state index >= 15 is 0 Å². The van der Waals surface area contributed by atoms with Gasteiger partial charge in [-0.1, -0.05) is 18.2 Å². The SMILES string of the molecule is CC(CC(=O)NCCNc1ccc([N+](=O)[O-])cc1)NC(=O)c1ccccc1. The Kier molecular flexibility index (Phi) is 7.30. The second-order valence-corrected chi connectivity index (χ2v) is 6.03. The zero-order valence-corrected chi connectivity index (χ0v) is 15.0. The molecular weight excluding hydrogens is 348 g/mol. The number of carbonyl (C=O) groups excluding carboxylic acids is 2. The van der Waals surface area contributed by atoms with Gasteiger partial charge in [0.15, 0.2) is 0 Å². The van der Waals surface area contributed by atoms with Gasteiger partial charge in [0, 0.05) is 48.9 Å². The Labute approximate surface area is 157 Å². The summed E-state index contributed by atoms with van der Waals surface area (Å²) in [5, 5.41) is 19.2. The van der Waals surface area contributed by atoms with Crippen molar-refractivity contribution in [2.24, 2.45) is 0 Å². The summed E-state index contributed by atoms with van der Waals surface area (Å²) in [7, 11) is 0. The van der Waals surface area contributed by atoms with E-state index in [9.17, 15) is 19.7 Å². The Morgan fingerprint density at radius 2 is 1.70 bits per heavy atom. The number of hydrogen-bond acceptors (Lipinski definition) is 5. The standard InChI is InChI=1S/C19H22N4O4/c1-14(22-19(25)15-5-3-2-4-6-15)13-18(24)21-12-11-20-16-7-9-17(10-8-16)23(26)27/h2-10,14,20H,11-13H2,1H3,(H,21,24)(H,22,25). The topological polar surface area (TPSA) is 113 Å². The number of nitrogens with zero attached hydrogens (tertiary/aromatic N) is 1. The molecule has 27 heavy (non-hydrogen) atoms. The molecule has 0 saturated heterocycles. The van der Waals surface area contributed by atoms with E-state index < -0.39 is 4.92 Å². The average Bonchev–Trinajstić information content (AvgIpc) is 2.66. The zero-order chi connectivity index (χ0) is 19.6. The monoisotopic (exact) mass is 370 g/mol. The van der Waals surface area contributed by atoms with Crippen LogP contribution in [0.1, 0.15) is 23.7 Å². The summed E-state index contributed by atoms with van der Waals surface area (Å²) in [4.78, 5) is 34.1. The quantitative estimate of drug-likeness (QED) is 0.356. The molecule has 1 atom stereocenters. The third kappa shape index (κ3) is 6.77. The molecule has 0 fully saturated rings. The number of rotatable bonds is 9. The second kappa shape index (κ2) is 9.91. The smallest absolute Gasteiger partial charge is 0.269 e. The molecule has 0 saturated carbocycles. The molecule has 8 heteroatoms. The number of benzene rings is 2. The van der Waals surface area contributed by atoms with Gasteiger partial charge in [-0.05, 0) is 31.2 Å². The average molecular weight is 370 g/mol. The van der Waals surface area contributed by atoms with Crippen LogP contribution in [0.25, 0.3) is 0 Å².